The number of carbonyl (C=O) groups excluding carboxylic acids is 2. The van der Waals surface area contributed by atoms with Crippen molar-refractivity contribution in [3.8, 4) is 5.75 Å². The predicted molar refractivity (Wildman–Crippen MR) is 170 cm³/mol. The van der Waals surface area contributed by atoms with Crippen LogP contribution < -0.4 is 4.74 Å². The van der Waals surface area contributed by atoms with E-state index < -0.39 is 40.8 Å². The summed E-state index contributed by atoms with van der Waals surface area (Å²) in [7, 11) is 0. The van der Waals surface area contributed by atoms with Crippen molar-refractivity contribution in [2.75, 3.05) is 26.2 Å². The third kappa shape index (κ3) is 7.47. The molecule has 1 aromatic carbocycles. The van der Waals surface area contributed by atoms with E-state index >= 15 is 0 Å². The number of ether oxygens (including phenoxy) is 1. The van der Waals surface area contributed by atoms with E-state index in [9.17, 15) is 27.9 Å². The SMILES string of the molecule is CCC[C@@H]1[C@H](C(=O)N2CCC(O)(c3ccccc3OCCCc3c(C)n[nH]c3C)CC2)CCCN1C(=O)c1cnccc1C(F)(F)F. The smallest absolute Gasteiger partial charge is 0.417 e. The molecular weight excluding hydrogens is 611 g/mol. The normalized spacial score (nSPS) is 19.9. The number of hydrogen-bond donors (Lipinski definition) is 2. The number of nitrogens with zero attached hydrogens (tertiary/aromatic N) is 4. The number of aliphatic hydroxyl groups is 1. The van der Waals surface area contributed by atoms with Crippen LogP contribution in [0.4, 0.5) is 13.2 Å². The highest BCUT2D eigenvalue weighted by Gasteiger charge is 2.44. The van der Waals surface area contributed by atoms with Gasteiger partial charge in [0.25, 0.3) is 5.91 Å². The largest absolute Gasteiger partial charge is 0.493 e. The summed E-state index contributed by atoms with van der Waals surface area (Å²) in [6.45, 7) is 7.29. The van der Waals surface area contributed by atoms with Crippen molar-refractivity contribution in [3.05, 3.63) is 76.4 Å². The van der Waals surface area contributed by atoms with Gasteiger partial charge in [0.05, 0.1) is 34.9 Å². The van der Waals surface area contributed by atoms with Gasteiger partial charge in [-0.3, -0.25) is 19.7 Å². The van der Waals surface area contributed by atoms with Gasteiger partial charge in [-0.25, -0.2) is 0 Å². The average Bonchev–Trinajstić information content (AvgIpc) is 3.39. The van der Waals surface area contributed by atoms with E-state index in [4.69, 9.17) is 4.74 Å². The molecule has 0 unspecified atom stereocenters. The molecule has 2 aromatic heterocycles. The van der Waals surface area contributed by atoms with Gasteiger partial charge in [-0.05, 0) is 76.5 Å². The molecule has 2 saturated heterocycles. The molecule has 254 valence electrons. The van der Waals surface area contributed by atoms with Gasteiger partial charge < -0.3 is 19.6 Å². The maximum atomic E-state index is 14.0. The number of halogens is 3. The molecule has 2 atom stereocenters. The van der Waals surface area contributed by atoms with Gasteiger partial charge >= 0.3 is 6.18 Å². The number of nitrogens with one attached hydrogen (secondary N) is 1. The molecule has 0 saturated carbocycles. The molecule has 2 amide bonds. The van der Waals surface area contributed by atoms with Crippen LogP contribution in [0.2, 0.25) is 0 Å². The van der Waals surface area contributed by atoms with Gasteiger partial charge in [0.1, 0.15) is 5.75 Å². The van der Waals surface area contributed by atoms with Crippen LogP contribution in [0.15, 0.2) is 42.7 Å². The molecular formula is C35H44F3N5O4. The van der Waals surface area contributed by atoms with Crippen molar-refractivity contribution in [1.29, 1.82) is 0 Å². The second kappa shape index (κ2) is 14.5. The number of likely N-dealkylation sites (tertiary alicyclic amines) is 2. The molecule has 2 fully saturated rings. The number of hydrogen-bond acceptors (Lipinski definition) is 6. The molecule has 47 heavy (non-hydrogen) atoms. The summed E-state index contributed by atoms with van der Waals surface area (Å²) in [5.74, 6) is -0.794. The molecule has 0 radical (unpaired) electrons. The van der Waals surface area contributed by atoms with Crippen LogP contribution in [0, 0.1) is 19.8 Å². The van der Waals surface area contributed by atoms with Crippen LogP contribution in [-0.2, 0) is 23.0 Å². The van der Waals surface area contributed by atoms with E-state index in [0.717, 1.165) is 42.7 Å². The molecule has 3 aromatic rings. The topological polar surface area (TPSA) is 112 Å². The Balaban J connectivity index is 1.24. The average molecular weight is 656 g/mol. The monoisotopic (exact) mass is 655 g/mol. The fourth-order valence-corrected chi connectivity index (χ4v) is 7.17. The van der Waals surface area contributed by atoms with Gasteiger partial charge in [-0.15, -0.1) is 0 Å². The summed E-state index contributed by atoms with van der Waals surface area (Å²) in [5, 5.41) is 19.1. The number of piperidine rings is 2. The molecule has 4 heterocycles. The number of amides is 2. The predicted octanol–water partition coefficient (Wildman–Crippen LogP) is 5.98. The number of carbonyl (C=O) groups is 2. The lowest BCUT2D eigenvalue weighted by atomic mass is 9.81. The van der Waals surface area contributed by atoms with Crippen molar-refractivity contribution >= 4 is 11.8 Å². The molecule has 5 rings (SSSR count). The van der Waals surface area contributed by atoms with E-state index in [-0.39, 0.29) is 12.5 Å². The summed E-state index contributed by atoms with van der Waals surface area (Å²) in [6.07, 6.45) is 1.73. The van der Waals surface area contributed by atoms with Gasteiger partial charge in [-0.2, -0.15) is 18.3 Å². The number of alkyl halides is 3. The van der Waals surface area contributed by atoms with E-state index in [1.165, 1.54) is 10.5 Å². The second-order valence-electron chi connectivity index (χ2n) is 12.7. The van der Waals surface area contributed by atoms with E-state index in [1.54, 1.807) is 4.90 Å². The van der Waals surface area contributed by atoms with Gasteiger partial charge in [0.2, 0.25) is 5.91 Å². The second-order valence-corrected chi connectivity index (χ2v) is 12.7. The Bertz CT molecular complexity index is 1530. The molecule has 9 nitrogen and oxygen atoms in total. The Hall–Kier alpha value is -3.93. The van der Waals surface area contributed by atoms with Gasteiger partial charge in [0, 0.05) is 49.3 Å². The quantitative estimate of drug-likeness (QED) is 0.260. The lowest BCUT2D eigenvalue weighted by molar-refractivity contribution is -0.144. The first-order valence-electron chi connectivity index (χ1n) is 16.5. The van der Waals surface area contributed by atoms with Gasteiger partial charge in [-0.1, -0.05) is 31.5 Å². The summed E-state index contributed by atoms with van der Waals surface area (Å²) >= 11 is 0. The summed E-state index contributed by atoms with van der Waals surface area (Å²) in [6, 6.07) is 7.75. The highest BCUT2D eigenvalue weighted by atomic mass is 19.4. The molecule has 2 N–H and O–H groups in total. The number of pyridine rings is 1. The lowest BCUT2D eigenvalue weighted by Gasteiger charge is -2.45. The standard InChI is InChI=1S/C35H44F3N5O4/c1-4-9-30-26(10-7-18-43(30)33(45)27-22-39-17-14-28(27)35(36,37)38)32(44)42-19-15-34(46,16-20-42)29-12-5-6-13-31(29)47-21-8-11-25-23(2)40-41-24(25)3/h5-6,12-14,17,22,26,30,46H,4,7-11,15-16,18-21H2,1-3H3,(H,40,41)/t26-,30-/m1/s1. The minimum absolute atomic E-state index is 0.125. The van der Waals surface area contributed by atoms with Crippen LogP contribution in [0.25, 0.3) is 0 Å². The van der Waals surface area contributed by atoms with Crippen molar-refractivity contribution < 1.29 is 32.6 Å². The first-order valence-corrected chi connectivity index (χ1v) is 16.5. The Morgan fingerprint density at radius 3 is 2.55 bits per heavy atom. The van der Waals surface area contributed by atoms with E-state index in [0.29, 0.717) is 69.5 Å². The third-order valence-corrected chi connectivity index (χ3v) is 9.70. The maximum absolute atomic E-state index is 14.0. The fraction of sp³-hybridized carbons (Fsp3) is 0.543. The number of aryl methyl sites for hydroxylation is 2. The number of aromatic amines is 1. The number of benzene rings is 1. The summed E-state index contributed by atoms with van der Waals surface area (Å²) < 4.78 is 47.4. The van der Waals surface area contributed by atoms with E-state index in [1.807, 2.05) is 45.0 Å². The van der Waals surface area contributed by atoms with Crippen LogP contribution in [-0.4, -0.2) is 74.2 Å². The number of para-hydroxylation sites is 1. The molecule has 0 bridgehead atoms. The molecule has 2 aliphatic rings. The van der Waals surface area contributed by atoms with Crippen molar-refractivity contribution in [1.82, 2.24) is 25.0 Å². The fourth-order valence-electron chi connectivity index (χ4n) is 7.17. The zero-order valence-corrected chi connectivity index (χ0v) is 27.3. The highest BCUT2D eigenvalue weighted by Crippen LogP contribution is 2.40. The van der Waals surface area contributed by atoms with Crippen LogP contribution in [0.3, 0.4) is 0 Å². The first kappa shape index (κ1) is 34.4. The number of H-pyrrole nitrogens is 1. The lowest BCUT2D eigenvalue weighted by Crippen LogP contribution is -2.55. The zero-order chi connectivity index (χ0) is 33.8. The Morgan fingerprint density at radius 1 is 1.13 bits per heavy atom. The Labute approximate surface area is 273 Å². The molecule has 0 aliphatic carbocycles. The number of rotatable bonds is 10. The van der Waals surface area contributed by atoms with Crippen molar-refractivity contribution in [3.63, 3.8) is 0 Å². The van der Waals surface area contributed by atoms with Crippen molar-refractivity contribution in [2.24, 2.45) is 5.92 Å². The highest BCUT2D eigenvalue weighted by molar-refractivity contribution is 5.96. The minimum Gasteiger partial charge on any atom is -0.493 e. The van der Waals surface area contributed by atoms with Gasteiger partial charge in [0.15, 0.2) is 0 Å². The third-order valence-electron chi connectivity index (χ3n) is 9.70. The summed E-state index contributed by atoms with van der Waals surface area (Å²) in [4.78, 5) is 34.5. The van der Waals surface area contributed by atoms with Crippen LogP contribution >= 0.6 is 0 Å². The first-order chi connectivity index (χ1) is 22.4. The minimum atomic E-state index is -4.70. The van der Waals surface area contributed by atoms with Crippen LogP contribution in [0.5, 0.6) is 5.75 Å². The van der Waals surface area contributed by atoms with Crippen LogP contribution in [0.1, 0.15) is 90.3 Å². The molecule has 12 heteroatoms. The van der Waals surface area contributed by atoms with E-state index in [2.05, 4.69) is 15.2 Å². The molecule has 2 aliphatic heterocycles. The Morgan fingerprint density at radius 2 is 1.87 bits per heavy atom. The van der Waals surface area contributed by atoms with Crippen molar-refractivity contribution in [2.45, 2.75) is 90.0 Å². The summed E-state index contributed by atoms with van der Waals surface area (Å²) in [5.41, 5.74) is 1.21. The maximum Gasteiger partial charge on any atom is 0.417 e. The number of aromatic nitrogens is 3. The zero-order valence-electron chi connectivity index (χ0n) is 27.3. The molecule has 0 spiro atoms. The Kier molecular flexibility index (Phi) is 10.6.